The summed E-state index contributed by atoms with van der Waals surface area (Å²) in [7, 11) is -3.48. The lowest BCUT2D eigenvalue weighted by molar-refractivity contribution is 0.281. The van der Waals surface area contributed by atoms with Crippen molar-refractivity contribution >= 4 is 10.0 Å². The Kier molecular flexibility index (Phi) is 3.73. The van der Waals surface area contributed by atoms with Crippen molar-refractivity contribution in [1.29, 1.82) is 0 Å². The second-order valence-electron chi connectivity index (χ2n) is 5.02. The minimum atomic E-state index is -3.48. The summed E-state index contributed by atoms with van der Waals surface area (Å²) in [6, 6.07) is 3.83. The van der Waals surface area contributed by atoms with Crippen LogP contribution in [0.3, 0.4) is 0 Å². The van der Waals surface area contributed by atoms with Crippen molar-refractivity contribution in [2.45, 2.75) is 31.6 Å². The summed E-state index contributed by atoms with van der Waals surface area (Å²) in [5.74, 6) is -0.0206. The third kappa shape index (κ3) is 2.57. The molecule has 1 fully saturated rings. The molecule has 1 aromatic carbocycles. The van der Waals surface area contributed by atoms with Gasteiger partial charge in [0.25, 0.3) is 0 Å². The van der Waals surface area contributed by atoms with E-state index in [-0.39, 0.29) is 4.90 Å². The maximum absolute atomic E-state index is 13.0. The Morgan fingerprint density at radius 3 is 2.72 bits per heavy atom. The number of hydrogen-bond donors (Lipinski definition) is 0. The SMILES string of the molecule is Cc1cc(F)ccc1S(=O)(=O)N1CCC[C@@H](C)C1. The van der Waals surface area contributed by atoms with Gasteiger partial charge in [0.15, 0.2) is 0 Å². The summed E-state index contributed by atoms with van der Waals surface area (Å²) in [5.41, 5.74) is 0.466. The minimum absolute atomic E-state index is 0.220. The molecule has 0 radical (unpaired) electrons. The molecular weight excluding hydrogens is 253 g/mol. The van der Waals surface area contributed by atoms with Gasteiger partial charge in [-0.05, 0) is 49.4 Å². The summed E-state index contributed by atoms with van der Waals surface area (Å²) in [4.78, 5) is 0.220. The molecule has 0 bridgehead atoms. The second kappa shape index (κ2) is 4.97. The van der Waals surface area contributed by atoms with Crippen LogP contribution < -0.4 is 0 Å². The van der Waals surface area contributed by atoms with Crippen LogP contribution in [0.25, 0.3) is 0 Å². The maximum atomic E-state index is 13.0. The summed E-state index contributed by atoms with van der Waals surface area (Å²) in [6.45, 7) is 4.80. The molecule has 1 aromatic rings. The monoisotopic (exact) mass is 271 g/mol. The van der Waals surface area contributed by atoms with Crippen LogP contribution in [-0.2, 0) is 10.0 Å². The molecule has 0 aliphatic carbocycles. The lowest BCUT2D eigenvalue weighted by atomic mass is 10.0. The standard InChI is InChI=1S/C13H18FNO2S/c1-10-4-3-7-15(9-10)18(16,17)13-6-5-12(14)8-11(13)2/h5-6,8,10H,3-4,7,9H2,1-2H3/t10-/m1/s1. The first-order valence-electron chi connectivity index (χ1n) is 6.17. The van der Waals surface area contributed by atoms with Crippen molar-refractivity contribution < 1.29 is 12.8 Å². The van der Waals surface area contributed by atoms with Gasteiger partial charge in [-0.15, -0.1) is 0 Å². The molecule has 0 aromatic heterocycles. The number of benzene rings is 1. The second-order valence-corrected chi connectivity index (χ2v) is 6.93. The number of halogens is 1. The Hall–Kier alpha value is -0.940. The van der Waals surface area contributed by atoms with Gasteiger partial charge in [0, 0.05) is 13.1 Å². The molecule has 0 saturated carbocycles. The van der Waals surface area contributed by atoms with E-state index >= 15 is 0 Å². The zero-order valence-corrected chi connectivity index (χ0v) is 11.5. The van der Waals surface area contributed by atoms with Crippen molar-refractivity contribution in [2.24, 2.45) is 5.92 Å². The van der Waals surface area contributed by atoms with Gasteiger partial charge in [0.2, 0.25) is 10.0 Å². The molecule has 18 heavy (non-hydrogen) atoms. The van der Waals surface area contributed by atoms with Crippen LogP contribution in [0.5, 0.6) is 0 Å². The van der Waals surface area contributed by atoms with Crippen molar-refractivity contribution in [1.82, 2.24) is 4.31 Å². The Labute approximate surface area is 108 Å². The lowest BCUT2D eigenvalue weighted by Crippen LogP contribution is -2.39. The van der Waals surface area contributed by atoms with Crippen LogP contribution in [0.1, 0.15) is 25.3 Å². The van der Waals surface area contributed by atoms with Gasteiger partial charge in [-0.3, -0.25) is 0 Å². The molecule has 0 spiro atoms. The number of hydrogen-bond acceptors (Lipinski definition) is 2. The predicted molar refractivity (Wildman–Crippen MR) is 68.3 cm³/mol. The Bertz CT molecular complexity index is 542. The van der Waals surface area contributed by atoms with E-state index in [1.54, 1.807) is 6.92 Å². The highest BCUT2D eigenvalue weighted by Crippen LogP contribution is 2.25. The zero-order chi connectivity index (χ0) is 13.3. The molecule has 1 aliphatic heterocycles. The highest BCUT2D eigenvalue weighted by atomic mass is 32.2. The van der Waals surface area contributed by atoms with E-state index in [1.807, 2.05) is 0 Å². The van der Waals surface area contributed by atoms with Crippen LogP contribution in [0.2, 0.25) is 0 Å². The fourth-order valence-corrected chi connectivity index (χ4v) is 4.21. The summed E-state index contributed by atoms with van der Waals surface area (Å²) < 4.78 is 39.5. The number of sulfonamides is 1. The number of rotatable bonds is 2. The lowest BCUT2D eigenvalue weighted by Gasteiger charge is -2.30. The van der Waals surface area contributed by atoms with Gasteiger partial charge in [0.1, 0.15) is 5.82 Å². The third-order valence-electron chi connectivity index (χ3n) is 3.37. The molecule has 1 aliphatic rings. The maximum Gasteiger partial charge on any atom is 0.243 e. The molecule has 0 N–H and O–H groups in total. The molecule has 3 nitrogen and oxygen atoms in total. The van der Waals surface area contributed by atoms with Gasteiger partial charge in [-0.2, -0.15) is 4.31 Å². The van der Waals surface area contributed by atoms with E-state index in [9.17, 15) is 12.8 Å². The molecule has 1 heterocycles. The average Bonchev–Trinajstić information content (AvgIpc) is 2.28. The van der Waals surface area contributed by atoms with Gasteiger partial charge >= 0.3 is 0 Å². The van der Waals surface area contributed by atoms with E-state index in [2.05, 4.69) is 6.92 Å². The van der Waals surface area contributed by atoms with Crippen LogP contribution in [0.4, 0.5) is 4.39 Å². The van der Waals surface area contributed by atoms with E-state index in [1.165, 1.54) is 22.5 Å². The topological polar surface area (TPSA) is 37.4 Å². The molecule has 0 amide bonds. The molecule has 1 atom stereocenters. The molecule has 1 saturated heterocycles. The van der Waals surface area contributed by atoms with Crippen LogP contribution >= 0.6 is 0 Å². The normalized spacial score (nSPS) is 22.1. The Morgan fingerprint density at radius 1 is 1.39 bits per heavy atom. The average molecular weight is 271 g/mol. The van der Waals surface area contributed by atoms with Crippen LogP contribution in [0.15, 0.2) is 23.1 Å². The van der Waals surface area contributed by atoms with Crippen LogP contribution in [-0.4, -0.2) is 25.8 Å². The van der Waals surface area contributed by atoms with E-state index in [0.29, 0.717) is 24.6 Å². The highest BCUT2D eigenvalue weighted by Gasteiger charge is 2.29. The quantitative estimate of drug-likeness (QED) is 0.829. The van der Waals surface area contributed by atoms with Gasteiger partial charge in [-0.1, -0.05) is 6.92 Å². The molecule has 0 unspecified atom stereocenters. The smallest absolute Gasteiger partial charge is 0.207 e. The van der Waals surface area contributed by atoms with Crippen molar-refractivity contribution in [3.63, 3.8) is 0 Å². The fraction of sp³-hybridized carbons (Fsp3) is 0.538. The van der Waals surface area contributed by atoms with Crippen molar-refractivity contribution in [2.75, 3.05) is 13.1 Å². The van der Waals surface area contributed by atoms with Gasteiger partial charge < -0.3 is 0 Å². The first-order valence-corrected chi connectivity index (χ1v) is 7.61. The number of nitrogens with zero attached hydrogens (tertiary/aromatic N) is 1. The first-order chi connectivity index (χ1) is 8.41. The Morgan fingerprint density at radius 2 is 2.11 bits per heavy atom. The highest BCUT2D eigenvalue weighted by molar-refractivity contribution is 7.89. The van der Waals surface area contributed by atoms with E-state index in [4.69, 9.17) is 0 Å². The van der Waals surface area contributed by atoms with Crippen molar-refractivity contribution in [3.05, 3.63) is 29.6 Å². The largest absolute Gasteiger partial charge is 0.243 e. The predicted octanol–water partition coefficient (Wildman–Crippen LogP) is 2.55. The first kappa shape index (κ1) is 13.5. The summed E-state index contributed by atoms with van der Waals surface area (Å²) >= 11 is 0. The van der Waals surface area contributed by atoms with Crippen LogP contribution in [0, 0.1) is 18.7 Å². The zero-order valence-electron chi connectivity index (χ0n) is 10.7. The molecule has 2 rings (SSSR count). The summed E-state index contributed by atoms with van der Waals surface area (Å²) in [6.07, 6.45) is 1.95. The van der Waals surface area contributed by atoms with E-state index < -0.39 is 15.8 Å². The number of aryl methyl sites for hydroxylation is 1. The summed E-state index contributed by atoms with van der Waals surface area (Å²) in [5, 5.41) is 0. The molecule has 5 heteroatoms. The van der Waals surface area contributed by atoms with Crippen molar-refractivity contribution in [3.8, 4) is 0 Å². The van der Waals surface area contributed by atoms with E-state index in [0.717, 1.165) is 12.8 Å². The van der Waals surface area contributed by atoms with Gasteiger partial charge in [-0.25, -0.2) is 12.8 Å². The Balaban J connectivity index is 2.35. The molecule has 100 valence electrons. The molecular formula is C13H18FNO2S. The number of piperidine rings is 1. The fourth-order valence-electron chi connectivity index (χ4n) is 2.41. The van der Waals surface area contributed by atoms with Gasteiger partial charge in [0.05, 0.1) is 4.90 Å². The minimum Gasteiger partial charge on any atom is -0.207 e. The third-order valence-corrected chi connectivity index (χ3v) is 5.40.